The van der Waals surface area contributed by atoms with Gasteiger partial charge in [0.15, 0.2) is 16.9 Å². The molecule has 0 saturated heterocycles. The number of hydrogen-bond acceptors (Lipinski definition) is 5. The van der Waals surface area contributed by atoms with Crippen LogP contribution in [0.25, 0.3) is 22.3 Å². The molecule has 0 bridgehead atoms. The molecule has 0 radical (unpaired) electrons. The van der Waals surface area contributed by atoms with Gasteiger partial charge < -0.3 is 18.6 Å². The van der Waals surface area contributed by atoms with Gasteiger partial charge in [-0.2, -0.15) is 0 Å². The molecule has 4 rings (SSSR count). The van der Waals surface area contributed by atoms with Crippen molar-refractivity contribution in [3.8, 4) is 28.6 Å². The molecule has 3 aromatic rings. The molecule has 1 aromatic heterocycles. The summed E-state index contributed by atoms with van der Waals surface area (Å²) in [6.45, 7) is 0.206. The topological polar surface area (TPSA) is 57.9 Å². The molecule has 110 valence electrons. The number of fused-ring (bicyclic) bond motifs is 2. The first-order valence-electron chi connectivity index (χ1n) is 6.76. The molecule has 0 atom stereocenters. The average molecular weight is 296 g/mol. The van der Waals surface area contributed by atoms with Crippen molar-refractivity contribution < 1.29 is 18.6 Å². The second-order valence-corrected chi connectivity index (χ2v) is 4.91. The smallest absolute Gasteiger partial charge is 0.231 e. The Kier molecular flexibility index (Phi) is 2.79. The zero-order valence-electron chi connectivity index (χ0n) is 11.8. The van der Waals surface area contributed by atoms with E-state index in [1.54, 1.807) is 37.4 Å². The van der Waals surface area contributed by atoms with Gasteiger partial charge in [-0.1, -0.05) is 0 Å². The van der Waals surface area contributed by atoms with Gasteiger partial charge in [0.05, 0.1) is 12.5 Å². The van der Waals surface area contributed by atoms with Crippen LogP contribution in [0.4, 0.5) is 0 Å². The van der Waals surface area contributed by atoms with Crippen LogP contribution < -0.4 is 19.6 Å². The molecular weight excluding hydrogens is 284 g/mol. The molecule has 0 amide bonds. The first-order valence-corrected chi connectivity index (χ1v) is 6.76. The van der Waals surface area contributed by atoms with Gasteiger partial charge in [0.2, 0.25) is 6.79 Å². The summed E-state index contributed by atoms with van der Waals surface area (Å²) in [5, 5.41) is 0.519. The minimum atomic E-state index is -0.100. The highest BCUT2D eigenvalue weighted by Crippen LogP contribution is 2.36. The maximum atomic E-state index is 12.2. The van der Waals surface area contributed by atoms with Gasteiger partial charge in [0.1, 0.15) is 17.1 Å². The molecule has 0 unspecified atom stereocenters. The van der Waals surface area contributed by atoms with Crippen LogP contribution in [0, 0.1) is 0 Å². The van der Waals surface area contributed by atoms with Crippen LogP contribution in [-0.2, 0) is 0 Å². The molecule has 1 aliphatic rings. The SMILES string of the molecule is COc1ccc2c(=O)cc(-c3ccc4c(c3)OCO4)oc2c1. The number of hydrogen-bond donors (Lipinski definition) is 0. The molecule has 0 saturated carbocycles. The summed E-state index contributed by atoms with van der Waals surface area (Å²) in [4.78, 5) is 12.2. The Labute approximate surface area is 125 Å². The summed E-state index contributed by atoms with van der Waals surface area (Å²) in [7, 11) is 1.57. The normalized spacial score (nSPS) is 12.6. The van der Waals surface area contributed by atoms with Crippen molar-refractivity contribution in [1.82, 2.24) is 0 Å². The van der Waals surface area contributed by atoms with E-state index in [2.05, 4.69) is 0 Å². The third kappa shape index (κ3) is 1.98. The van der Waals surface area contributed by atoms with E-state index < -0.39 is 0 Å². The second-order valence-electron chi connectivity index (χ2n) is 4.91. The predicted molar refractivity (Wildman–Crippen MR) is 80.6 cm³/mol. The molecule has 0 fully saturated rings. The monoisotopic (exact) mass is 296 g/mol. The van der Waals surface area contributed by atoms with Crippen molar-refractivity contribution in [2.24, 2.45) is 0 Å². The third-order valence-corrected chi connectivity index (χ3v) is 3.59. The molecule has 0 aliphatic carbocycles. The van der Waals surface area contributed by atoms with Crippen molar-refractivity contribution >= 4 is 11.0 Å². The Morgan fingerprint density at radius 2 is 1.86 bits per heavy atom. The minimum Gasteiger partial charge on any atom is -0.497 e. The average Bonchev–Trinajstić information content (AvgIpc) is 3.01. The number of methoxy groups -OCH3 is 1. The van der Waals surface area contributed by atoms with E-state index in [1.165, 1.54) is 6.07 Å². The quantitative estimate of drug-likeness (QED) is 0.727. The zero-order valence-corrected chi connectivity index (χ0v) is 11.8. The Morgan fingerprint density at radius 1 is 1.00 bits per heavy atom. The van der Waals surface area contributed by atoms with E-state index in [4.69, 9.17) is 18.6 Å². The standard InChI is InChI=1S/C17H12O5/c1-19-11-3-4-12-13(18)8-15(22-16(12)7-11)10-2-5-14-17(6-10)21-9-20-14/h2-8H,9H2,1H3. The van der Waals surface area contributed by atoms with Gasteiger partial charge in [-0.15, -0.1) is 0 Å². The first kappa shape index (κ1) is 12.8. The molecule has 5 heteroatoms. The summed E-state index contributed by atoms with van der Waals surface area (Å²) in [5.74, 6) is 2.45. The molecule has 2 heterocycles. The fourth-order valence-corrected chi connectivity index (χ4v) is 2.45. The van der Waals surface area contributed by atoms with E-state index in [9.17, 15) is 4.79 Å². The van der Waals surface area contributed by atoms with Crippen molar-refractivity contribution in [2.75, 3.05) is 13.9 Å². The summed E-state index contributed by atoms with van der Waals surface area (Å²) in [5.41, 5.74) is 1.14. The van der Waals surface area contributed by atoms with E-state index >= 15 is 0 Å². The van der Waals surface area contributed by atoms with E-state index in [-0.39, 0.29) is 12.2 Å². The van der Waals surface area contributed by atoms with Gasteiger partial charge in [0.25, 0.3) is 0 Å². The minimum absolute atomic E-state index is 0.100. The van der Waals surface area contributed by atoms with Crippen LogP contribution in [-0.4, -0.2) is 13.9 Å². The summed E-state index contributed by atoms with van der Waals surface area (Å²) >= 11 is 0. The fourth-order valence-electron chi connectivity index (χ4n) is 2.45. The van der Waals surface area contributed by atoms with E-state index in [0.717, 1.165) is 5.56 Å². The lowest BCUT2D eigenvalue weighted by Crippen LogP contribution is -2.00. The molecule has 0 N–H and O–H groups in total. The summed E-state index contributed by atoms with van der Waals surface area (Å²) < 4.78 is 21.7. The first-order chi connectivity index (χ1) is 10.7. The largest absolute Gasteiger partial charge is 0.497 e. The lowest BCUT2D eigenvalue weighted by molar-refractivity contribution is 0.174. The maximum absolute atomic E-state index is 12.2. The molecule has 0 spiro atoms. The maximum Gasteiger partial charge on any atom is 0.231 e. The van der Waals surface area contributed by atoms with Crippen LogP contribution in [0.3, 0.4) is 0 Å². The number of ether oxygens (including phenoxy) is 3. The van der Waals surface area contributed by atoms with Gasteiger partial charge in [0, 0.05) is 17.7 Å². The van der Waals surface area contributed by atoms with Crippen LogP contribution in [0.15, 0.2) is 51.7 Å². The Balaban J connectivity index is 1.89. The molecule has 2 aromatic carbocycles. The fraction of sp³-hybridized carbons (Fsp3) is 0.118. The Bertz CT molecular complexity index is 926. The van der Waals surface area contributed by atoms with Crippen molar-refractivity contribution in [3.05, 3.63) is 52.7 Å². The van der Waals surface area contributed by atoms with Crippen molar-refractivity contribution in [3.63, 3.8) is 0 Å². The summed E-state index contributed by atoms with van der Waals surface area (Å²) in [6, 6.07) is 12.0. The number of benzene rings is 2. The lowest BCUT2D eigenvalue weighted by atomic mass is 10.1. The molecular formula is C17H12O5. The third-order valence-electron chi connectivity index (χ3n) is 3.59. The lowest BCUT2D eigenvalue weighted by Gasteiger charge is -2.06. The van der Waals surface area contributed by atoms with E-state index in [0.29, 0.717) is 34.0 Å². The van der Waals surface area contributed by atoms with Gasteiger partial charge >= 0.3 is 0 Å². The zero-order chi connectivity index (χ0) is 15.1. The van der Waals surface area contributed by atoms with Crippen molar-refractivity contribution in [1.29, 1.82) is 0 Å². The molecule has 22 heavy (non-hydrogen) atoms. The highest BCUT2D eigenvalue weighted by molar-refractivity contribution is 5.80. The number of rotatable bonds is 2. The second kappa shape index (κ2) is 4.80. The van der Waals surface area contributed by atoms with Crippen LogP contribution in [0.2, 0.25) is 0 Å². The molecule has 5 nitrogen and oxygen atoms in total. The van der Waals surface area contributed by atoms with Crippen LogP contribution >= 0.6 is 0 Å². The highest BCUT2D eigenvalue weighted by atomic mass is 16.7. The highest BCUT2D eigenvalue weighted by Gasteiger charge is 2.15. The molecule has 1 aliphatic heterocycles. The Hall–Kier alpha value is -2.95. The van der Waals surface area contributed by atoms with E-state index in [1.807, 2.05) is 6.07 Å². The van der Waals surface area contributed by atoms with Crippen LogP contribution in [0.5, 0.6) is 17.2 Å². The Morgan fingerprint density at radius 3 is 2.73 bits per heavy atom. The van der Waals surface area contributed by atoms with Crippen molar-refractivity contribution in [2.45, 2.75) is 0 Å². The van der Waals surface area contributed by atoms with Gasteiger partial charge in [-0.3, -0.25) is 4.79 Å². The van der Waals surface area contributed by atoms with Gasteiger partial charge in [-0.25, -0.2) is 0 Å². The summed E-state index contributed by atoms with van der Waals surface area (Å²) in [6.07, 6.45) is 0. The predicted octanol–water partition coefficient (Wildman–Crippen LogP) is 3.20. The van der Waals surface area contributed by atoms with Gasteiger partial charge in [-0.05, 0) is 30.3 Å². The van der Waals surface area contributed by atoms with Crippen LogP contribution in [0.1, 0.15) is 0 Å².